The quantitative estimate of drug-likeness (QED) is 0.627. The van der Waals surface area contributed by atoms with E-state index in [1.807, 2.05) is 18.8 Å². The van der Waals surface area contributed by atoms with E-state index in [4.69, 9.17) is 17.3 Å². The summed E-state index contributed by atoms with van der Waals surface area (Å²) in [5.41, 5.74) is 5.79. The molecule has 0 saturated carbocycles. The maximum absolute atomic E-state index is 5.79. The Kier molecular flexibility index (Phi) is 4.65. The van der Waals surface area contributed by atoms with Crippen LogP contribution in [-0.4, -0.2) is 25.3 Å². The zero-order chi connectivity index (χ0) is 8.20. The summed E-state index contributed by atoms with van der Waals surface area (Å²) in [6, 6.07) is 0. The molecule has 62 valence electrons. The van der Waals surface area contributed by atoms with E-state index in [0.29, 0.717) is 0 Å². The smallest absolute Gasteiger partial charge is 0.137 e. The predicted molar refractivity (Wildman–Crippen MR) is 50.5 cm³/mol. The van der Waals surface area contributed by atoms with E-state index in [9.17, 15) is 0 Å². The Labute approximate surface area is 68.1 Å². The van der Waals surface area contributed by atoms with Crippen LogP contribution < -0.4 is 10.6 Å². The fourth-order valence-electron chi connectivity index (χ4n) is 0.643. The second kappa shape index (κ2) is 4.42. The molecule has 1 unspecified atom stereocenters. The van der Waals surface area contributed by atoms with Gasteiger partial charge < -0.3 is 0 Å². The summed E-state index contributed by atoms with van der Waals surface area (Å²) in [4.78, 5) is 0. The Morgan fingerprint density at radius 3 is 2.50 bits per heavy atom. The molecule has 3 N–H and O–H groups in total. The molecule has 0 spiro atoms. The Hall–Kier alpha value is 0.530. The third-order valence-electron chi connectivity index (χ3n) is 1.37. The molecule has 1 atom stereocenters. The average molecular weight is 181 g/mol. The normalized spacial score (nSPS) is 17.3. The second-order valence-corrected chi connectivity index (χ2v) is 6.27. The molecular weight excluding hydrogens is 165 g/mol. The van der Waals surface area contributed by atoms with Crippen molar-refractivity contribution < 1.29 is 0 Å². The van der Waals surface area contributed by atoms with Gasteiger partial charge in [0.25, 0.3) is 0 Å². The van der Waals surface area contributed by atoms with Crippen molar-refractivity contribution >= 4 is 18.3 Å². The van der Waals surface area contributed by atoms with Crippen LogP contribution in [0.4, 0.5) is 0 Å². The van der Waals surface area contributed by atoms with Crippen molar-refractivity contribution in [2.75, 3.05) is 20.6 Å². The van der Waals surface area contributed by atoms with Gasteiger partial charge in [0.05, 0.1) is 0 Å². The minimum atomic E-state index is -1.86. The Morgan fingerprint density at radius 1 is 1.70 bits per heavy atom. The van der Waals surface area contributed by atoms with Gasteiger partial charge in [0.15, 0.2) is 0 Å². The largest absolute Gasteiger partial charge is 0.279 e. The fraction of sp³-hybridized carbons (Fsp3) is 1.00. The van der Waals surface area contributed by atoms with Crippen molar-refractivity contribution in [1.82, 2.24) is 9.76 Å². The van der Waals surface area contributed by atoms with Crippen LogP contribution in [0.1, 0.15) is 13.3 Å². The maximum Gasteiger partial charge on any atom is 0.137 e. The number of nitrogens with one attached hydrogen (secondary N) is 1. The lowest BCUT2D eigenvalue weighted by atomic mass is 10.5. The lowest BCUT2D eigenvalue weighted by Crippen LogP contribution is -2.27. The topological polar surface area (TPSA) is 41.3 Å². The molecule has 0 bridgehead atoms. The van der Waals surface area contributed by atoms with Crippen LogP contribution in [0.5, 0.6) is 0 Å². The summed E-state index contributed by atoms with van der Waals surface area (Å²) in [6.07, 6.45) is 1.09. The van der Waals surface area contributed by atoms with Gasteiger partial charge in [0.1, 0.15) is 6.49 Å². The highest BCUT2D eigenvalue weighted by molar-refractivity contribution is 8.11. The average Bonchev–Trinajstić information content (AvgIpc) is 1.89. The van der Waals surface area contributed by atoms with E-state index in [1.54, 1.807) is 0 Å². The molecule has 10 heavy (non-hydrogen) atoms. The summed E-state index contributed by atoms with van der Waals surface area (Å²) in [5.74, 6) is 0. The van der Waals surface area contributed by atoms with E-state index in [1.165, 1.54) is 0 Å². The number of hydrogen-bond donors (Lipinski definition) is 2. The SMILES string of the molecule is CCCN(C)P(N)(=S)NC. The number of hydrogen-bond acceptors (Lipinski definition) is 1. The van der Waals surface area contributed by atoms with Crippen molar-refractivity contribution in [2.24, 2.45) is 5.50 Å². The number of nitrogens with two attached hydrogens (primary N) is 1. The predicted octanol–water partition coefficient (Wildman–Crippen LogP) is 0.731. The van der Waals surface area contributed by atoms with E-state index >= 15 is 0 Å². The zero-order valence-corrected chi connectivity index (χ0v) is 8.51. The van der Waals surface area contributed by atoms with Crippen LogP contribution in [0.2, 0.25) is 0 Å². The van der Waals surface area contributed by atoms with Crippen molar-refractivity contribution in [3.63, 3.8) is 0 Å². The summed E-state index contributed by atoms with van der Waals surface area (Å²) in [5, 5.41) is 2.96. The lowest BCUT2D eigenvalue weighted by molar-refractivity contribution is 0.534. The molecule has 0 fully saturated rings. The van der Waals surface area contributed by atoms with Crippen LogP contribution in [0.3, 0.4) is 0 Å². The minimum absolute atomic E-state index is 0.967. The fourth-order valence-corrected chi connectivity index (χ4v) is 1.73. The zero-order valence-electron chi connectivity index (χ0n) is 6.79. The highest BCUT2D eigenvalue weighted by Crippen LogP contribution is 2.33. The number of nitrogens with zero attached hydrogens (tertiary/aromatic N) is 1. The van der Waals surface area contributed by atoms with Gasteiger partial charge in [-0.2, -0.15) is 0 Å². The molecule has 0 aliphatic carbocycles. The molecule has 0 aromatic rings. The molecule has 0 aromatic carbocycles. The van der Waals surface area contributed by atoms with Gasteiger partial charge in [0, 0.05) is 6.54 Å². The molecule has 0 radical (unpaired) electrons. The summed E-state index contributed by atoms with van der Waals surface area (Å²) in [7, 11) is 3.77. The van der Waals surface area contributed by atoms with Crippen LogP contribution in [0, 0.1) is 0 Å². The summed E-state index contributed by atoms with van der Waals surface area (Å²) in [6.45, 7) is 1.22. The molecule has 0 rings (SSSR count). The van der Waals surface area contributed by atoms with Crippen molar-refractivity contribution in [1.29, 1.82) is 0 Å². The summed E-state index contributed by atoms with van der Waals surface area (Å²) >= 11 is 5.14. The standard InChI is InChI=1S/C5H16N3PS/c1-4-5-8(3)9(6,10)7-2/h4-5H2,1-3H3,(H3,6,7,10). The number of rotatable bonds is 4. The molecular formula is C5H16N3PS. The lowest BCUT2D eigenvalue weighted by Gasteiger charge is -2.26. The molecule has 0 aromatic heterocycles. The molecule has 0 aliphatic rings. The van der Waals surface area contributed by atoms with E-state index in [-0.39, 0.29) is 0 Å². The highest BCUT2D eigenvalue weighted by Gasteiger charge is 2.12. The molecule has 5 heteroatoms. The van der Waals surface area contributed by atoms with E-state index < -0.39 is 6.49 Å². The first-order valence-corrected chi connectivity index (χ1v) is 6.16. The third-order valence-corrected chi connectivity index (χ3v) is 4.61. The van der Waals surface area contributed by atoms with Crippen LogP contribution >= 0.6 is 6.49 Å². The highest BCUT2D eigenvalue weighted by atomic mass is 32.4. The minimum Gasteiger partial charge on any atom is -0.279 e. The summed E-state index contributed by atoms with van der Waals surface area (Å²) < 4.78 is 2.02. The monoisotopic (exact) mass is 181 g/mol. The first kappa shape index (κ1) is 10.5. The van der Waals surface area contributed by atoms with Crippen molar-refractivity contribution in [2.45, 2.75) is 13.3 Å². The van der Waals surface area contributed by atoms with Gasteiger partial charge in [-0.15, -0.1) is 0 Å². The second-order valence-electron chi connectivity index (χ2n) is 2.23. The van der Waals surface area contributed by atoms with Crippen molar-refractivity contribution in [3.05, 3.63) is 0 Å². The van der Waals surface area contributed by atoms with Gasteiger partial charge in [0.2, 0.25) is 0 Å². The first-order chi connectivity index (χ1) is 4.54. The third kappa shape index (κ3) is 3.08. The van der Waals surface area contributed by atoms with Gasteiger partial charge in [-0.1, -0.05) is 6.92 Å². The molecule has 0 saturated heterocycles. The Morgan fingerprint density at radius 2 is 2.20 bits per heavy atom. The molecule has 3 nitrogen and oxygen atoms in total. The Balaban J connectivity index is 3.91. The van der Waals surface area contributed by atoms with Gasteiger partial charge in [-0.3, -0.25) is 15.3 Å². The van der Waals surface area contributed by atoms with Gasteiger partial charge in [-0.25, -0.2) is 0 Å². The van der Waals surface area contributed by atoms with E-state index in [0.717, 1.165) is 13.0 Å². The molecule has 0 heterocycles. The Bertz CT molecular complexity index is 139. The molecule has 0 amide bonds. The first-order valence-electron chi connectivity index (χ1n) is 3.33. The molecule has 0 aliphatic heterocycles. The van der Waals surface area contributed by atoms with Crippen LogP contribution in [0.15, 0.2) is 0 Å². The van der Waals surface area contributed by atoms with Crippen molar-refractivity contribution in [3.8, 4) is 0 Å². The van der Waals surface area contributed by atoms with Crippen LogP contribution in [0.25, 0.3) is 0 Å². The van der Waals surface area contributed by atoms with Gasteiger partial charge >= 0.3 is 0 Å². The van der Waals surface area contributed by atoms with Gasteiger partial charge in [-0.05, 0) is 32.3 Å². The maximum atomic E-state index is 5.79. The van der Waals surface area contributed by atoms with E-state index in [2.05, 4.69) is 12.0 Å². The van der Waals surface area contributed by atoms with Crippen LogP contribution in [-0.2, 0) is 11.8 Å².